The first kappa shape index (κ1) is 12.4. The summed E-state index contributed by atoms with van der Waals surface area (Å²) in [5.41, 5.74) is -0.222. The molecule has 1 aliphatic rings. The molecule has 0 aromatic heterocycles. The lowest BCUT2D eigenvalue weighted by Gasteiger charge is -2.22. The summed E-state index contributed by atoms with van der Waals surface area (Å²) in [6.45, 7) is 0.267. The molecule has 0 unspecified atom stereocenters. The second-order valence-corrected chi connectivity index (χ2v) is 5.39. The number of benzene rings is 1. The van der Waals surface area contributed by atoms with Gasteiger partial charge in [0.25, 0.3) is 0 Å². The largest absolute Gasteiger partial charge is 0.489 e. The van der Waals surface area contributed by atoms with Crippen LogP contribution in [-0.4, -0.2) is 17.3 Å². The molecular weight excluding hydrogens is 282 g/mol. The van der Waals surface area contributed by atoms with Crippen LogP contribution in [0, 0.1) is 11.3 Å². The van der Waals surface area contributed by atoms with Gasteiger partial charge in [0.05, 0.1) is 11.2 Å². The number of rotatable bonds is 3. The van der Waals surface area contributed by atoms with Crippen LogP contribution in [-0.2, 0) is 0 Å². The van der Waals surface area contributed by atoms with Crippen molar-refractivity contribution in [2.75, 3.05) is 6.61 Å². The van der Waals surface area contributed by atoms with Gasteiger partial charge in [0.1, 0.15) is 18.4 Å². The van der Waals surface area contributed by atoms with Crippen molar-refractivity contribution in [3.8, 4) is 11.8 Å². The Kier molecular flexibility index (Phi) is 3.70. The summed E-state index contributed by atoms with van der Waals surface area (Å²) in [4.78, 5) is 0. The van der Waals surface area contributed by atoms with Crippen LogP contribution in [0.5, 0.6) is 5.75 Å². The van der Waals surface area contributed by atoms with Gasteiger partial charge in [-0.15, -0.1) is 0 Å². The molecule has 0 spiro atoms. The zero-order valence-electron chi connectivity index (χ0n) is 9.45. The highest BCUT2D eigenvalue weighted by atomic mass is 79.9. The number of hydrogen-bond donors (Lipinski definition) is 1. The fourth-order valence-electron chi connectivity index (χ4n) is 2.10. The molecule has 1 fully saturated rings. The quantitative estimate of drug-likeness (QED) is 0.933. The number of ether oxygens (including phenoxy) is 1. The van der Waals surface area contributed by atoms with Gasteiger partial charge in [-0.05, 0) is 31.0 Å². The van der Waals surface area contributed by atoms with E-state index in [2.05, 4.69) is 22.0 Å². The average molecular weight is 296 g/mol. The molecule has 0 bridgehead atoms. The SMILES string of the molecule is N#Cc1cc(Br)ccc1OCC1(O)CCCC1. The minimum absolute atomic E-state index is 0.267. The van der Waals surface area contributed by atoms with Crippen molar-refractivity contribution < 1.29 is 9.84 Å². The maximum absolute atomic E-state index is 10.2. The second-order valence-electron chi connectivity index (χ2n) is 4.47. The normalized spacial score (nSPS) is 17.7. The number of aliphatic hydroxyl groups is 1. The first-order valence-corrected chi connectivity index (χ1v) is 6.47. The maximum Gasteiger partial charge on any atom is 0.137 e. The van der Waals surface area contributed by atoms with Gasteiger partial charge in [-0.25, -0.2) is 0 Å². The van der Waals surface area contributed by atoms with Crippen LogP contribution < -0.4 is 4.74 Å². The van der Waals surface area contributed by atoms with Gasteiger partial charge in [0.15, 0.2) is 0 Å². The van der Waals surface area contributed by atoms with Crippen molar-refractivity contribution >= 4 is 15.9 Å². The summed E-state index contributed by atoms with van der Waals surface area (Å²) in [6, 6.07) is 7.38. The van der Waals surface area contributed by atoms with Crippen molar-refractivity contribution in [2.45, 2.75) is 31.3 Å². The molecular formula is C13H14BrNO2. The second kappa shape index (κ2) is 5.07. The van der Waals surface area contributed by atoms with Crippen LogP contribution in [0.25, 0.3) is 0 Å². The van der Waals surface area contributed by atoms with Crippen molar-refractivity contribution in [3.63, 3.8) is 0 Å². The van der Waals surface area contributed by atoms with Crippen LogP contribution in [0.4, 0.5) is 0 Å². The van der Waals surface area contributed by atoms with Gasteiger partial charge in [-0.2, -0.15) is 5.26 Å². The third kappa shape index (κ3) is 2.99. The first-order chi connectivity index (χ1) is 8.13. The van der Waals surface area contributed by atoms with E-state index in [1.54, 1.807) is 12.1 Å². The number of nitriles is 1. The van der Waals surface area contributed by atoms with Crippen LogP contribution in [0.1, 0.15) is 31.2 Å². The van der Waals surface area contributed by atoms with E-state index < -0.39 is 5.60 Å². The van der Waals surface area contributed by atoms with Gasteiger partial charge in [-0.1, -0.05) is 28.8 Å². The minimum Gasteiger partial charge on any atom is -0.489 e. The highest BCUT2D eigenvalue weighted by Crippen LogP contribution is 2.31. The van der Waals surface area contributed by atoms with Crippen LogP contribution in [0.3, 0.4) is 0 Å². The van der Waals surface area contributed by atoms with Gasteiger partial charge >= 0.3 is 0 Å². The van der Waals surface area contributed by atoms with E-state index in [-0.39, 0.29) is 6.61 Å². The molecule has 4 heteroatoms. The van der Waals surface area contributed by atoms with E-state index >= 15 is 0 Å². The monoisotopic (exact) mass is 295 g/mol. The number of nitrogens with zero attached hydrogens (tertiary/aromatic N) is 1. The van der Waals surface area contributed by atoms with E-state index in [1.807, 2.05) is 6.07 Å². The summed E-state index contributed by atoms with van der Waals surface area (Å²) in [7, 11) is 0. The molecule has 1 aromatic rings. The van der Waals surface area contributed by atoms with Crippen LogP contribution >= 0.6 is 15.9 Å². The van der Waals surface area contributed by atoms with Crippen LogP contribution in [0.2, 0.25) is 0 Å². The van der Waals surface area contributed by atoms with Gasteiger partial charge < -0.3 is 9.84 Å². The van der Waals surface area contributed by atoms with Crippen molar-refractivity contribution in [1.82, 2.24) is 0 Å². The number of hydrogen-bond acceptors (Lipinski definition) is 3. The molecule has 0 radical (unpaired) electrons. The zero-order chi connectivity index (χ0) is 12.3. The topological polar surface area (TPSA) is 53.2 Å². The number of halogens is 1. The summed E-state index contributed by atoms with van der Waals surface area (Å²) in [6.07, 6.45) is 3.66. The third-order valence-electron chi connectivity index (χ3n) is 3.09. The smallest absolute Gasteiger partial charge is 0.137 e. The van der Waals surface area contributed by atoms with E-state index in [0.29, 0.717) is 11.3 Å². The Morgan fingerprint density at radius 3 is 2.76 bits per heavy atom. The zero-order valence-corrected chi connectivity index (χ0v) is 11.0. The summed E-state index contributed by atoms with van der Waals surface area (Å²) in [5, 5.41) is 19.1. The third-order valence-corrected chi connectivity index (χ3v) is 3.59. The molecule has 0 amide bonds. The Morgan fingerprint density at radius 2 is 2.12 bits per heavy atom. The molecule has 90 valence electrons. The molecule has 17 heavy (non-hydrogen) atoms. The Hall–Kier alpha value is -1.05. The van der Waals surface area contributed by atoms with Gasteiger partial charge in [0, 0.05) is 4.47 Å². The molecule has 0 heterocycles. The lowest BCUT2D eigenvalue weighted by Crippen LogP contribution is -2.32. The molecule has 1 aliphatic carbocycles. The Morgan fingerprint density at radius 1 is 1.41 bits per heavy atom. The fourth-order valence-corrected chi connectivity index (χ4v) is 2.47. The summed E-state index contributed by atoms with van der Waals surface area (Å²) in [5.74, 6) is 0.538. The fraction of sp³-hybridized carbons (Fsp3) is 0.462. The van der Waals surface area contributed by atoms with Crippen molar-refractivity contribution in [1.29, 1.82) is 5.26 Å². The minimum atomic E-state index is -0.709. The average Bonchev–Trinajstić information content (AvgIpc) is 2.75. The van der Waals surface area contributed by atoms with Crippen molar-refractivity contribution in [3.05, 3.63) is 28.2 Å². The summed E-state index contributed by atoms with van der Waals surface area (Å²) >= 11 is 3.31. The predicted octanol–water partition coefficient (Wildman–Crippen LogP) is 3.00. The molecule has 1 saturated carbocycles. The first-order valence-electron chi connectivity index (χ1n) is 5.68. The van der Waals surface area contributed by atoms with E-state index in [1.165, 1.54) is 0 Å². The Balaban J connectivity index is 2.06. The molecule has 0 saturated heterocycles. The lowest BCUT2D eigenvalue weighted by molar-refractivity contribution is 0.00133. The molecule has 2 rings (SSSR count). The van der Waals surface area contributed by atoms with Gasteiger partial charge in [0.2, 0.25) is 0 Å². The molecule has 1 aromatic carbocycles. The summed E-state index contributed by atoms with van der Waals surface area (Å²) < 4.78 is 6.42. The standard InChI is InChI=1S/C13H14BrNO2/c14-11-3-4-12(10(7-11)8-15)17-9-13(16)5-1-2-6-13/h3-4,7,16H,1-2,5-6,9H2. The van der Waals surface area contributed by atoms with E-state index in [4.69, 9.17) is 10.00 Å². The molecule has 0 atom stereocenters. The van der Waals surface area contributed by atoms with Crippen molar-refractivity contribution in [2.24, 2.45) is 0 Å². The predicted molar refractivity (Wildman–Crippen MR) is 67.8 cm³/mol. The maximum atomic E-state index is 10.2. The highest BCUT2D eigenvalue weighted by Gasteiger charge is 2.32. The van der Waals surface area contributed by atoms with E-state index in [0.717, 1.165) is 30.2 Å². The Bertz CT molecular complexity index is 447. The van der Waals surface area contributed by atoms with Crippen LogP contribution in [0.15, 0.2) is 22.7 Å². The molecule has 1 N–H and O–H groups in total. The Labute approximate surface area is 109 Å². The molecule has 0 aliphatic heterocycles. The lowest BCUT2D eigenvalue weighted by atomic mass is 10.0. The highest BCUT2D eigenvalue weighted by molar-refractivity contribution is 9.10. The van der Waals surface area contributed by atoms with E-state index in [9.17, 15) is 5.11 Å². The molecule has 3 nitrogen and oxygen atoms in total. The van der Waals surface area contributed by atoms with Gasteiger partial charge in [-0.3, -0.25) is 0 Å².